The average Bonchev–Trinajstić information content (AvgIpc) is 3.69. The number of fused-ring (bicyclic) bond motifs is 2. The SMILES string of the molecule is Nc1nc2c(ncn2[C@@H]2O[C@H](CO)[C@@H](O)[C@H]2OP(=O)(O)OC[C@@H]2CC[C@H](n3ccc4c(N)ncnc43)O2)c(=O)[nH]1. The van der Waals surface area contributed by atoms with E-state index < -0.39 is 56.9 Å². The first kappa shape index (κ1) is 26.7. The van der Waals surface area contributed by atoms with Crippen LogP contribution < -0.4 is 17.0 Å². The number of H-pyrrole nitrogens is 1. The quantitative estimate of drug-likeness (QED) is 0.139. The highest BCUT2D eigenvalue weighted by Gasteiger charge is 2.49. The zero-order valence-corrected chi connectivity index (χ0v) is 21.6. The van der Waals surface area contributed by atoms with Gasteiger partial charge in [-0.25, -0.2) is 19.5 Å². The van der Waals surface area contributed by atoms with Crippen LogP contribution in [0.2, 0.25) is 0 Å². The smallest absolute Gasteiger partial charge is 0.394 e. The summed E-state index contributed by atoms with van der Waals surface area (Å²) < 4.78 is 38.2. The Labute approximate surface area is 224 Å². The lowest BCUT2D eigenvalue weighted by Crippen LogP contribution is -2.35. The average molecular weight is 579 g/mol. The van der Waals surface area contributed by atoms with Gasteiger partial charge in [0.15, 0.2) is 17.4 Å². The number of nitrogens with one attached hydrogen (secondary N) is 1. The molecule has 7 atom stereocenters. The predicted octanol–water partition coefficient (Wildman–Crippen LogP) is -0.841. The summed E-state index contributed by atoms with van der Waals surface area (Å²) in [4.78, 5) is 41.2. The fourth-order valence-electron chi connectivity index (χ4n) is 4.93. The first-order chi connectivity index (χ1) is 19.1. The highest BCUT2D eigenvalue weighted by molar-refractivity contribution is 7.47. The molecule has 0 aliphatic carbocycles. The normalized spacial score (nSPS) is 28.5. The number of nitrogens with two attached hydrogens (primary N) is 2. The van der Waals surface area contributed by atoms with Crippen molar-refractivity contribution < 1.29 is 38.2 Å². The van der Waals surface area contributed by atoms with Crippen LogP contribution in [-0.4, -0.2) is 86.8 Å². The Bertz CT molecular complexity index is 1660. The Morgan fingerprint density at radius 1 is 1.18 bits per heavy atom. The fourth-order valence-corrected chi connectivity index (χ4v) is 5.89. The van der Waals surface area contributed by atoms with E-state index in [1.54, 1.807) is 16.8 Å². The largest absolute Gasteiger partial charge is 0.472 e. The number of ether oxygens (including phenoxy) is 2. The number of aromatic amines is 1. The third-order valence-electron chi connectivity index (χ3n) is 6.83. The number of anilines is 2. The van der Waals surface area contributed by atoms with Gasteiger partial charge in [0, 0.05) is 6.20 Å². The first-order valence-electron chi connectivity index (χ1n) is 12.2. The topological polar surface area (TPSA) is 261 Å². The molecule has 0 aromatic carbocycles. The predicted molar refractivity (Wildman–Crippen MR) is 135 cm³/mol. The lowest BCUT2D eigenvalue weighted by molar-refractivity contribution is -0.0541. The van der Waals surface area contributed by atoms with Crippen LogP contribution in [0.4, 0.5) is 11.8 Å². The summed E-state index contributed by atoms with van der Waals surface area (Å²) in [6, 6.07) is 1.78. The molecular formula is C21H26N9O9P. The lowest BCUT2D eigenvalue weighted by atomic mass is 10.1. The van der Waals surface area contributed by atoms with Gasteiger partial charge in [-0.3, -0.25) is 23.4 Å². The van der Waals surface area contributed by atoms with Crippen LogP contribution >= 0.6 is 7.82 Å². The molecule has 1 unspecified atom stereocenters. The van der Waals surface area contributed by atoms with Gasteiger partial charge < -0.3 is 40.6 Å². The molecule has 6 rings (SSSR count). The molecule has 4 aromatic heterocycles. The second-order valence-corrected chi connectivity index (χ2v) is 10.8. The molecule has 0 saturated carbocycles. The maximum atomic E-state index is 13.0. The van der Waals surface area contributed by atoms with E-state index in [0.29, 0.717) is 29.7 Å². The van der Waals surface area contributed by atoms with E-state index in [9.17, 15) is 24.5 Å². The summed E-state index contributed by atoms with van der Waals surface area (Å²) in [6.45, 7) is -0.918. The second kappa shape index (κ2) is 10.2. The molecule has 0 spiro atoms. The Morgan fingerprint density at radius 3 is 2.80 bits per heavy atom. The van der Waals surface area contributed by atoms with Gasteiger partial charge in [0.05, 0.1) is 31.0 Å². The number of aliphatic hydroxyl groups is 2. The van der Waals surface area contributed by atoms with Crippen LogP contribution in [0.1, 0.15) is 25.3 Å². The van der Waals surface area contributed by atoms with Gasteiger partial charge in [0.2, 0.25) is 5.95 Å². The molecule has 4 aromatic rings. The molecule has 2 aliphatic heterocycles. The Balaban J connectivity index is 1.15. The van der Waals surface area contributed by atoms with Crippen LogP contribution in [0, 0.1) is 0 Å². The molecule has 0 amide bonds. The van der Waals surface area contributed by atoms with E-state index in [1.165, 1.54) is 17.2 Å². The molecule has 2 aliphatic rings. The van der Waals surface area contributed by atoms with Crippen molar-refractivity contribution in [2.24, 2.45) is 0 Å². The number of aromatic nitrogens is 7. The van der Waals surface area contributed by atoms with Crippen molar-refractivity contribution in [1.82, 2.24) is 34.1 Å². The molecule has 40 heavy (non-hydrogen) atoms. The van der Waals surface area contributed by atoms with Crippen molar-refractivity contribution in [2.75, 3.05) is 24.7 Å². The molecule has 0 radical (unpaired) electrons. The molecule has 214 valence electrons. The van der Waals surface area contributed by atoms with E-state index in [4.69, 9.17) is 30.0 Å². The van der Waals surface area contributed by atoms with Crippen LogP contribution in [0.25, 0.3) is 22.2 Å². The van der Waals surface area contributed by atoms with Crippen molar-refractivity contribution in [3.05, 3.63) is 35.3 Å². The minimum Gasteiger partial charge on any atom is -0.394 e. The molecule has 2 fully saturated rings. The van der Waals surface area contributed by atoms with Gasteiger partial charge in [0.1, 0.15) is 42.3 Å². The third-order valence-corrected chi connectivity index (χ3v) is 7.82. The van der Waals surface area contributed by atoms with Gasteiger partial charge in [0.25, 0.3) is 5.56 Å². The summed E-state index contributed by atoms with van der Waals surface area (Å²) in [5.41, 5.74) is 11.4. The third kappa shape index (κ3) is 4.73. The highest BCUT2D eigenvalue weighted by atomic mass is 31.2. The monoisotopic (exact) mass is 579 g/mol. The van der Waals surface area contributed by atoms with Crippen LogP contribution in [-0.2, 0) is 23.1 Å². The number of imidazole rings is 1. The van der Waals surface area contributed by atoms with Crippen molar-refractivity contribution in [3.63, 3.8) is 0 Å². The van der Waals surface area contributed by atoms with E-state index in [2.05, 4.69) is 24.9 Å². The van der Waals surface area contributed by atoms with Crippen molar-refractivity contribution in [2.45, 2.75) is 49.7 Å². The van der Waals surface area contributed by atoms with E-state index in [-0.39, 0.29) is 23.7 Å². The Hall–Kier alpha value is -3.48. The Kier molecular flexibility index (Phi) is 6.79. The van der Waals surface area contributed by atoms with E-state index in [0.717, 1.165) is 0 Å². The Morgan fingerprint density at radius 2 is 2.00 bits per heavy atom. The van der Waals surface area contributed by atoms with E-state index >= 15 is 0 Å². The number of aliphatic hydroxyl groups excluding tert-OH is 2. The van der Waals surface area contributed by atoms with E-state index in [1.807, 2.05) is 0 Å². The number of hydrogen-bond acceptors (Lipinski definition) is 14. The summed E-state index contributed by atoms with van der Waals surface area (Å²) >= 11 is 0. The maximum Gasteiger partial charge on any atom is 0.472 e. The molecule has 6 heterocycles. The molecular weight excluding hydrogens is 553 g/mol. The summed E-state index contributed by atoms with van der Waals surface area (Å²) in [5.74, 6) is 0.137. The zero-order valence-electron chi connectivity index (χ0n) is 20.7. The lowest BCUT2D eigenvalue weighted by Gasteiger charge is -2.24. The van der Waals surface area contributed by atoms with Gasteiger partial charge in [-0.2, -0.15) is 4.98 Å². The standard InChI is InChI=1S/C21H26N9O9P/c22-16-10-3-4-29(17(10)25-7-24-16)12-2-1-9(37-12)6-36-40(34,35)39-15-14(32)11(5-31)38-20(15)30-8-26-13-18(30)27-21(23)28-19(13)33/h3-4,7-9,11-12,14-15,20,31-32H,1-2,5-6H2,(H,34,35)(H2,22,24,25)(H3,23,27,28,33)/t9-,11+,12+,14+,15+,20+/m0/s1. The minimum atomic E-state index is -4.80. The van der Waals surface area contributed by atoms with Crippen molar-refractivity contribution in [3.8, 4) is 0 Å². The molecule has 19 heteroatoms. The number of phosphoric acid groups is 1. The van der Waals surface area contributed by atoms with Crippen LogP contribution in [0.15, 0.2) is 29.7 Å². The van der Waals surface area contributed by atoms with Gasteiger partial charge in [-0.05, 0) is 18.9 Å². The molecule has 0 bridgehead atoms. The number of phosphoric ester groups is 1. The van der Waals surface area contributed by atoms with Gasteiger partial charge in [-0.1, -0.05) is 0 Å². The molecule has 8 N–H and O–H groups in total. The molecule has 2 saturated heterocycles. The summed E-state index contributed by atoms with van der Waals surface area (Å²) in [5, 5.41) is 21.0. The first-order valence-corrected chi connectivity index (χ1v) is 13.7. The number of hydrogen-bond donors (Lipinski definition) is 6. The number of nitrogens with zero attached hydrogens (tertiary/aromatic N) is 6. The fraction of sp³-hybridized carbons (Fsp3) is 0.476. The summed E-state index contributed by atoms with van der Waals surface area (Å²) in [6.07, 6.45) is -1.09. The minimum absolute atomic E-state index is 0.0192. The van der Waals surface area contributed by atoms with Crippen LogP contribution in [0.5, 0.6) is 0 Å². The zero-order chi connectivity index (χ0) is 28.2. The van der Waals surface area contributed by atoms with Gasteiger partial charge >= 0.3 is 7.82 Å². The highest BCUT2D eigenvalue weighted by Crippen LogP contribution is 2.50. The number of nitrogen functional groups attached to an aromatic ring is 2. The summed E-state index contributed by atoms with van der Waals surface area (Å²) in [7, 11) is -4.80. The molecule has 18 nitrogen and oxygen atoms in total. The van der Waals surface area contributed by atoms with Gasteiger partial charge in [-0.15, -0.1) is 0 Å². The second-order valence-electron chi connectivity index (χ2n) is 9.36. The van der Waals surface area contributed by atoms with Crippen molar-refractivity contribution >= 4 is 41.8 Å². The maximum absolute atomic E-state index is 13.0. The van der Waals surface area contributed by atoms with Crippen molar-refractivity contribution in [1.29, 1.82) is 0 Å². The number of rotatable bonds is 8. The van der Waals surface area contributed by atoms with Crippen LogP contribution in [0.3, 0.4) is 0 Å².